The highest BCUT2D eigenvalue weighted by atomic mass is 32.2. The molecule has 2 rings (SSSR count). The van der Waals surface area contributed by atoms with Crippen LogP contribution in [0.3, 0.4) is 0 Å². The largest absolute Gasteiger partial charge is 0.381 e. The van der Waals surface area contributed by atoms with Gasteiger partial charge in [-0.15, -0.1) is 0 Å². The SMILES string of the molecule is CSC1CCCC1Nc1ccc(S(=O)(=O)NC(C)C)cc1. The van der Waals surface area contributed by atoms with Crippen LogP contribution in [0.2, 0.25) is 0 Å². The van der Waals surface area contributed by atoms with Crippen LogP contribution < -0.4 is 10.0 Å². The molecule has 1 saturated carbocycles. The van der Waals surface area contributed by atoms with Gasteiger partial charge in [-0.1, -0.05) is 6.42 Å². The Morgan fingerprint density at radius 3 is 2.43 bits per heavy atom. The lowest BCUT2D eigenvalue weighted by Gasteiger charge is -2.20. The summed E-state index contributed by atoms with van der Waals surface area (Å²) in [6.07, 6.45) is 5.84. The molecule has 1 aliphatic rings. The highest BCUT2D eigenvalue weighted by Crippen LogP contribution is 2.31. The van der Waals surface area contributed by atoms with Gasteiger partial charge in [-0.25, -0.2) is 13.1 Å². The van der Waals surface area contributed by atoms with Crippen molar-refractivity contribution in [3.63, 3.8) is 0 Å². The van der Waals surface area contributed by atoms with E-state index >= 15 is 0 Å². The molecule has 21 heavy (non-hydrogen) atoms. The molecule has 6 heteroatoms. The van der Waals surface area contributed by atoms with Gasteiger partial charge in [-0.3, -0.25) is 0 Å². The van der Waals surface area contributed by atoms with E-state index in [4.69, 9.17) is 0 Å². The van der Waals surface area contributed by atoms with E-state index < -0.39 is 10.0 Å². The summed E-state index contributed by atoms with van der Waals surface area (Å²) in [6.45, 7) is 3.63. The van der Waals surface area contributed by atoms with Gasteiger partial charge in [-0.05, 0) is 57.2 Å². The number of hydrogen-bond donors (Lipinski definition) is 2. The summed E-state index contributed by atoms with van der Waals surface area (Å²) in [6, 6.07) is 7.41. The van der Waals surface area contributed by atoms with Crippen molar-refractivity contribution in [1.29, 1.82) is 0 Å². The second-order valence-corrected chi connectivity index (χ2v) is 8.55. The first kappa shape index (κ1) is 16.6. The molecule has 0 radical (unpaired) electrons. The van der Waals surface area contributed by atoms with Crippen molar-refractivity contribution < 1.29 is 8.42 Å². The first-order valence-corrected chi connectivity index (χ1v) is 10.1. The van der Waals surface area contributed by atoms with Crippen LogP contribution in [0.1, 0.15) is 33.1 Å². The molecule has 0 heterocycles. The second-order valence-electron chi connectivity index (χ2n) is 5.76. The van der Waals surface area contributed by atoms with Crippen molar-refractivity contribution in [2.75, 3.05) is 11.6 Å². The van der Waals surface area contributed by atoms with Crippen LogP contribution in [-0.4, -0.2) is 32.0 Å². The lowest BCUT2D eigenvalue weighted by atomic mass is 10.2. The quantitative estimate of drug-likeness (QED) is 0.842. The van der Waals surface area contributed by atoms with Gasteiger partial charge in [0, 0.05) is 23.0 Å². The van der Waals surface area contributed by atoms with Gasteiger partial charge in [0.05, 0.1) is 4.90 Å². The molecule has 1 fully saturated rings. The highest BCUT2D eigenvalue weighted by molar-refractivity contribution is 7.99. The van der Waals surface area contributed by atoms with Crippen LogP contribution in [0.25, 0.3) is 0 Å². The minimum absolute atomic E-state index is 0.103. The summed E-state index contributed by atoms with van der Waals surface area (Å²) in [5.74, 6) is 0. The lowest BCUT2D eigenvalue weighted by Crippen LogP contribution is -2.30. The molecule has 2 unspecified atom stereocenters. The molecule has 1 aliphatic carbocycles. The Kier molecular flexibility index (Phi) is 5.57. The fourth-order valence-electron chi connectivity index (χ4n) is 2.70. The minimum Gasteiger partial charge on any atom is -0.381 e. The summed E-state index contributed by atoms with van der Waals surface area (Å²) in [7, 11) is -3.40. The molecule has 0 bridgehead atoms. The molecule has 2 N–H and O–H groups in total. The Hall–Kier alpha value is -0.720. The zero-order chi connectivity index (χ0) is 15.5. The zero-order valence-electron chi connectivity index (χ0n) is 12.8. The molecule has 0 amide bonds. The van der Waals surface area contributed by atoms with Crippen molar-refractivity contribution in [3.05, 3.63) is 24.3 Å². The van der Waals surface area contributed by atoms with Gasteiger partial charge in [0.1, 0.15) is 0 Å². The minimum atomic E-state index is -3.40. The third-order valence-electron chi connectivity index (χ3n) is 3.66. The fourth-order valence-corrected chi connectivity index (χ4v) is 4.88. The lowest BCUT2D eigenvalue weighted by molar-refractivity contribution is 0.570. The molecule has 0 aliphatic heterocycles. The van der Waals surface area contributed by atoms with E-state index in [1.165, 1.54) is 19.3 Å². The van der Waals surface area contributed by atoms with Gasteiger partial charge < -0.3 is 5.32 Å². The highest BCUT2D eigenvalue weighted by Gasteiger charge is 2.26. The van der Waals surface area contributed by atoms with Crippen LogP contribution in [0.5, 0.6) is 0 Å². The van der Waals surface area contributed by atoms with Crippen molar-refractivity contribution >= 4 is 27.5 Å². The smallest absolute Gasteiger partial charge is 0.240 e. The normalized spacial score (nSPS) is 22.7. The molecular formula is C15H24N2O2S2. The van der Waals surface area contributed by atoms with Crippen LogP contribution in [-0.2, 0) is 10.0 Å². The maximum atomic E-state index is 12.1. The third-order valence-corrected chi connectivity index (χ3v) is 6.51. The summed E-state index contributed by atoms with van der Waals surface area (Å²) in [5.41, 5.74) is 0.990. The molecule has 4 nitrogen and oxygen atoms in total. The van der Waals surface area contributed by atoms with Gasteiger partial charge in [-0.2, -0.15) is 11.8 Å². The summed E-state index contributed by atoms with van der Waals surface area (Å²) in [5, 5.41) is 4.17. The first-order valence-electron chi connectivity index (χ1n) is 7.34. The monoisotopic (exact) mass is 328 g/mol. The van der Waals surface area contributed by atoms with Crippen LogP contribution >= 0.6 is 11.8 Å². The van der Waals surface area contributed by atoms with Gasteiger partial charge >= 0.3 is 0 Å². The Morgan fingerprint density at radius 2 is 1.86 bits per heavy atom. The van der Waals surface area contributed by atoms with E-state index in [2.05, 4.69) is 16.3 Å². The van der Waals surface area contributed by atoms with E-state index in [9.17, 15) is 8.42 Å². The topological polar surface area (TPSA) is 58.2 Å². The number of anilines is 1. The van der Waals surface area contributed by atoms with Gasteiger partial charge in [0.15, 0.2) is 0 Å². The predicted octanol–water partition coefficient (Wildman–Crippen LogP) is 3.07. The predicted molar refractivity (Wildman–Crippen MR) is 90.5 cm³/mol. The molecule has 118 valence electrons. The number of rotatable bonds is 6. The average molecular weight is 329 g/mol. The molecule has 0 spiro atoms. The van der Waals surface area contributed by atoms with Crippen molar-refractivity contribution in [3.8, 4) is 0 Å². The van der Waals surface area contributed by atoms with Crippen LogP contribution in [0.15, 0.2) is 29.2 Å². The van der Waals surface area contributed by atoms with E-state index in [0.717, 1.165) is 5.69 Å². The zero-order valence-corrected chi connectivity index (χ0v) is 14.4. The molecule has 0 saturated heterocycles. The standard InChI is InChI=1S/C15H24N2O2S2/c1-11(2)17-21(18,19)13-9-7-12(8-10-13)16-14-5-4-6-15(14)20-3/h7-11,14-17H,4-6H2,1-3H3. The van der Waals surface area contributed by atoms with Crippen molar-refractivity contribution in [2.24, 2.45) is 0 Å². The van der Waals surface area contributed by atoms with Crippen molar-refractivity contribution in [1.82, 2.24) is 4.72 Å². The van der Waals surface area contributed by atoms with E-state index in [1.54, 1.807) is 12.1 Å². The number of hydrogen-bond acceptors (Lipinski definition) is 4. The van der Waals surface area contributed by atoms with Crippen molar-refractivity contribution in [2.45, 2.75) is 55.3 Å². The Balaban J connectivity index is 2.05. The van der Waals surface area contributed by atoms with Crippen LogP contribution in [0, 0.1) is 0 Å². The number of sulfonamides is 1. The number of benzene rings is 1. The maximum Gasteiger partial charge on any atom is 0.240 e. The second kappa shape index (κ2) is 7.03. The molecule has 1 aromatic rings. The summed E-state index contributed by atoms with van der Waals surface area (Å²) in [4.78, 5) is 0.314. The fraction of sp³-hybridized carbons (Fsp3) is 0.600. The molecule has 2 atom stereocenters. The first-order chi connectivity index (χ1) is 9.92. The van der Waals surface area contributed by atoms with Gasteiger partial charge in [0.25, 0.3) is 0 Å². The molecule has 1 aromatic carbocycles. The van der Waals surface area contributed by atoms with E-state index in [0.29, 0.717) is 16.2 Å². The summed E-state index contributed by atoms with van der Waals surface area (Å²) >= 11 is 1.91. The van der Waals surface area contributed by atoms with E-state index in [-0.39, 0.29) is 6.04 Å². The Bertz CT molecular complexity index is 556. The third kappa shape index (κ3) is 4.37. The molecule has 0 aromatic heterocycles. The van der Waals surface area contributed by atoms with Gasteiger partial charge in [0.2, 0.25) is 10.0 Å². The molecular weight excluding hydrogens is 304 g/mol. The van der Waals surface area contributed by atoms with Crippen LogP contribution in [0.4, 0.5) is 5.69 Å². The van der Waals surface area contributed by atoms with E-state index in [1.807, 2.05) is 37.7 Å². The number of nitrogens with one attached hydrogen (secondary N) is 2. The Labute approximate surface area is 132 Å². The maximum absolute atomic E-state index is 12.1. The number of thioether (sulfide) groups is 1. The Morgan fingerprint density at radius 1 is 1.19 bits per heavy atom. The summed E-state index contributed by atoms with van der Waals surface area (Å²) < 4.78 is 26.7. The average Bonchev–Trinajstić information content (AvgIpc) is 2.85.